The topological polar surface area (TPSA) is 119 Å². The fraction of sp³-hybridized carbons (Fsp3) is 0.278. The summed E-state index contributed by atoms with van der Waals surface area (Å²) < 4.78 is 64.1. The van der Waals surface area contributed by atoms with Crippen molar-refractivity contribution in [2.24, 2.45) is 0 Å². The van der Waals surface area contributed by atoms with Crippen LogP contribution in [0.2, 0.25) is 0 Å². The van der Waals surface area contributed by atoms with Gasteiger partial charge in [-0.1, -0.05) is 6.07 Å². The molecule has 0 spiro atoms. The number of nitrogens with one attached hydrogen (secondary N) is 1. The lowest BCUT2D eigenvalue weighted by Gasteiger charge is -2.26. The van der Waals surface area contributed by atoms with Gasteiger partial charge in [-0.25, -0.2) is 21.6 Å². The Balaban J connectivity index is 1.83. The molecule has 0 saturated carbocycles. The first kappa shape index (κ1) is 21.2. The van der Waals surface area contributed by atoms with E-state index in [1.165, 1.54) is 59.9 Å². The van der Waals surface area contributed by atoms with Crippen molar-refractivity contribution in [2.45, 2.75) is 9.79 Å². The van der Waals surface area contributed by atoms with E-state index in [2.05, 4.69) is 9.46 Å². The van der Waals surface area contributed by atoms with Crippen LogP contribution in [-0.2, 0) is 29.5 Å². The minimum atomic E-state index is -3.98. The minimum absolute atomic E-state index is 0.0133. The minimum Gasteiger partial charge on any atom is -0.465 e. The molecule has 29 heavy (non-hydrogen) atoms. The molecule has 0 radical (unpaired) electrons. The standard InChI is InChI=1S/C18H20N2O7S2/c1-26-18(21)14-5-7-16(8-6-14)28(22,23)19-15-3-2-4-17(13-15)29(24,25)20-9-11-27-12-10-20/h2-8,13,19H,9-12H2,1H3. The van der Waals surface area contributed by atoms with Gasteiger partial charge < -0.3 is 9.47 Å². The number of sulfonamides is 2. The summed E-state index contributed by atoms with van der Waals surface area (Å²) in [4.78, 5) is 11.4. The summed E-state index contributed by atoms with van der Waals surface area (Å²) in [5.74, 6) is -0.581. The van der Waals surface area contributed by atoms with Gasteiger partial charge in [0.2, 0.25) is 10.0 Å². The first-order valence-electron chi connectivity index (χ1n) is 8.63. The van der Waals surface area contributed by atoms with Crippen LogP contribution in [0, 0.1) is 0 Å². The van der Waals surface area contributed by atoms with Crippen LogP contribution in [-0.4, -0.2) is 60.5 Å². The van der Waals surface area contributed by atoms with Crippen molar-refractivity contribution in [1.29, 1.82) is 0 Å². The van der Waals surface area contributed by atoms with Crippen molar-refractivity contribution in [1.82, 2.24) is 4.31 Å². The molecule has 1 fully saturated rings. The van der Waals surface area contributed by atoms with Gasteiger partial charge in [-0.05, 0) is 42.5 Å². The monoisotopic (exact) mass is 440 g/mol. The summed E-state index contributed by atoms with van der Waals surface area (Å²) in [6.45, 7) is 1.11. The van der Waals surface area contributed by atoms with Gasteiger partial charge in [0.1, 0.15) is 0 Å². The molecule has 1 heterocycles. The molecule has 0 unspecified atom stereocenters. The highest BCUT2D eigenvalue weighted by molar-refractivity contribution is 7.92. The molecule has 2 aromatic carbocycles. The van der Waals surface area contributed by atoms with Gasteiger partial charge in [0.05, 0.1) is 41.4 Å². The normalized spacial score (nSPS) is 15.6. The Labute approximate surface area is 169 Å². The van der Waals surface area contributed by atoms with E-state index in [0.29, 0.717) is 13.2 Å². The maximum Gasteiger partial charge on any atom is 0.337 e. The summed E-state index contributed by atoms with van der Waals surface area (Å²) >= 11 is 0. The second kappa shape index (κ2) is 8.49. The van der Waals surface area contributed by atoms with Crippen molar-refractivity contribution in [3.05, 3.63) is 54.1 Å². The molecule has 1 aliphatic heterocycles. The molecular formula is C18H20N2O7S2. The number of hydrogen-bond acceptors (Lipinski definition) is 7. The van der Waals surface area contributed by atoms with E-state index in [1.807, 2.05) is 0 Å². The molecule has 3 rings (SSSR count). The van der Waals surface area contributed by atoms with Gasteiger partial charge in [0.15, 0.2) is 0 Å². The molecule has 0 bridgehead atoms. The third kappa shape index (κ3) is 4.75. The number of carbonyl (C=O) groups excluding carboxylic acids is 1. The number of benzene rings is 2. The average Bonchev–Trinajstić information content (AvgIpc) is 2.74. The first-order chi connectivity index (χ1) is 13.7. The van der Waals surface area contributed by atoms with Gasteiger partial charge in [-0.2, -0.15) is 4.31 Å². The summed E-state index contributed by atoms with van der Waals surface area (Å²) in [6, 6.07) is 10.8. The smallest absolute Gasteiger partial charge is 0.337 e. The summed E-state index contributed by atoms with van der Waals surface area (Å²) in [6.07, 6.45) is 0. The van der Waals surface area contributed by atoms with E-state index >= 15 is 0 Å². The lowest BCUT2D eigenvalue weighted by Crippen LogP contribution is -2.40. The molecule has 0 atom stereocenters. The zero-order chi connectivity index (χ0) is 21.1. The highest BCUT2D eigenvalue weighted by atomic mass is 32.2. The van der Waals surface area contributed by atoms with Gasteiger partial charge in [0, 0.05) is 13.1 Å². The number of nitrogens with zero attached hydrogens (tertiary/aromatic N) is 1. The lowest BCUT2D eigenvalue weighted by atomic mass is 10.2. The Bertz CT molecular complexity index is 1090. The van der Waals surface area contributed by atoms with Gasteiger partial charge >= 0.3 is 5.97 Å². The third-order valence-corrected chi connectivity index (χ3v) is 7.57. The van der Waals surface area contributed by atoms with E-state index in [4.69, 9.17) is 4.74 Å². The molecule has 1 N–H and O–H groups in total. The molecule has 2 aromatic rings. The molecule has 1 saturated heterocycles. The second-order valence-electron chi connectivity index (χ2n) is 6.17. The Morgan fingerprint density at radius 2 is 1.66 bits per heavy atom. The van der Waals surface area contributed by atoms with Crippen LogP contribution >= 0.6 is 0 Å². The largest absolute Gasteiger partial charge is 0.465 e. The van der Waals surface area contributed by atoms with Gasteiger partial charge in [0.25, 0.3) is 10.0 Å². The van der Waals surface area contributed by atoms with Crippen LogP contribution in [0.5, 0.6) is 0 Å². The summed E-state index contributed by atoms with van der Waals surface area (Å²) in [7, 11) is -6.51. The van der Waals surface area contributed by atoms with Gasteiger partial charge in [-0.15, -0.1) is 0 Å². The van der Waals surface area contributed by atoms with E-state index in [-0.39, 0.29) is 34.1 Å². The second-order valence-corrected chi connectivity index (χ2v) is 9.79. The van der Waals surface area contributed by atoms with Crippen LogP contribution in [0.3, 0.4) is 0 Å². The van der Waals surface area contributed by atoms with Crippen LogP contribution in [0.25, 0.3) is 0 Å². The van der Waals surface area contributed by atoms with Crippen molar-refractivity contribution in [3.8, 4) is 0 Å². The highest BCUT2D eigenvalue weighted by Gasteiger charge is 2.27. The van der Waals surface area contributed by atoms with Crippen LogP contribution in [0.15, 0.2) is 58.3 Å². The Kier molecular flexibility index (Phi) is 6.22. The van der Waals surface area contributed by atoms with Crippen molar-refractivity contribution in [2.75, 3.05) is 38.1 Å². The number of rotatable bonds is 6. The number of methoxy groups -OCH3 is 1. The number of hydrogen-bond donors (Lipinski definition) is 1. The molecule has 0 aliphatic carbocycles. The zero-order valence-electron chi connectivity index (χ0n) is 15.6. The number of ether oxygens (including phenoxy) is 2. The van der Waals surface area contributed by atoms with E-state index < -0.39 is 26.0 Å². The predicted octanol–water partition coefficient (Wildman–Crippen LogP) is 1.29. The molecule has 9 nitrogen and oxygen atoms in total. The number of carbonyl (C=O) groups is 1. The van der Waals surface area contributed by atoms with Crippen LogP contribution in [0.1, 0.15) is 10.4 Å². The number of morpholine rings is 1. The van der Waals surface area contributed by atoms with Crippen molar-refractivity contribution < 1.29 is 31.1 Å². The fourth-order valence-electron chi connectivity index (χ4n) is 2.76. The van der Waals surface area contributed by atoms with Gasteiger partial charge in [-0.3, -0.25) is 4.72 Å². The molecule has 11 heteroatoms. The first-order valence-corrected chi connectivity index (χ1v) is 11.6. The lowest BCUT2D eigenvalue weighted by molar-refractivity contribution is 0.0600. The molecule has 0 amide bonds. The molecule has 156 valence electrons. The summed E-state index contributed by atoms with van der Waals surface area (Å²) in [5.41, 5.74) is 0.321. The van der Waals surface area contributed by atoms with Crippen LogP contribution < -0.4 is 4.72 Å². The predicted molar refractivity (Wildman–Crippen MR) is 105 cm³/mol. The van der Waals surface area contributed by atoms with Crippen LogP contribution in [0.4, 0.5) is 5.69 Å². The Hall–Kier alpha value is -2.47. The molecule has 0 aromatic heterocycles. The highest BCUT2D eigenvalue weighted by Crippen LogP contribution is 2.23. The molecule has 1 aliphatic rings. The Morgan fingerprint density at radius 1 is 1.00 bits per heavy atom. The fourth-order valence-corrected chi connectivity index (χ4v) is 5.26. The maximum absolute atomic E-state index is 12.8. The number of anilines is 1. The van der Waals surface area contributed by atoms with E-state index in [9.17, 15) is 21.6 Å². The SMILES string of the molecule is COC(=O)c1ccc(S(=O)(=O)Nc2cccc(S(=O)(=O)N3CCOCC3)c2)cc1. The number of esters is 1. The molecular weight excluding hydrogens is 420 g/mol. The quantitative estimate of drug-likeness (QED) is 0.672. The Morgan fingerprint density at radius 3 is 2.28 bits per heavy atom. The van der Waals surface area contributed by atoms with E-state index in [1.54, 1.807) is 0 Å². The average molecular weight is 440 g/mol. The van der Waals surface area contributed by atoms with E-state index in [0.717, 1.165) is 0 Å². The zero-order valence-corrected chi connectivity index (χ0v) is 17.2. The van der Waals surface area contributed by atoms with Crippen molar-refractivity contribution in [3.63, 3.8) is 0 Å². The van der Waals surface area contributed by atoms with Crippen molar-refractivity contribution >= 4 is 31.7 Å². The third-order valence-electron chi connectivity index (χ3n) is 4.28. The maximum atomic E-state index is 12.8. The summed E-state index contributed by atoms with van der Waals surface area (Å²) in [5, 5.41) is 0.